The Morgan fingerprint density at radius 3 is 2.65 bits per heavy atom. The van der Waals surface area contributed by atoms with Crippen LogP contribution in [0.1, 0.15) is 38.2 Å². The normalized spacial score (nSPS) is 18.8. The van der Waals surface area contributed by atoms with Gasteiger partial charge in [-0.15, -0.1) is 0 Å². The van der Waals surface area contributed by atoms with Crippen molar-refractivity contribution in [3.63, 3.8) is 0 Å². The molecule has 1 heterocycles. The van der Waals surface area contributed by atoms with Gasteiger partial charge in [0.2, 0.25) is 5.91 Å². The second kappa shape index (κ2) is 8.56. The van der Waals surface area contributed by atoms with Crippen LogP contribution in [0.25, 0.3) is 0 Å². The smallest absolute Gasteiger partial charge is 0.315 e. The molecular formula is C18H27N3O2. The van der Waals surface area contributed by atoms with Crippen molar-refractivity contribution in [3.05, 3.63) is 35.9 Å². The Balaban J connectivity index is 1.81. The number of urea groups is 1. The summed E-state index contributed by atoms with van der Waals surface area (Å²) in [6, 6.07) is 9.82. The zero-order valence-corrected chi connectivity index (χ0v) is 14.0. The van der Waals surface area contributed by atoms with E-state index in [0.717, 1.165) is 25.7 Å². The minimum atomic E-state index is -0.378. The number of benzene rings is 1. The average molecular weight is 317 g/mol. The third-order valence-electron chi connectivity index (χ3n) is 4.33. The molecule has 0 radical (unpaired) electrons. The van der Waals surface area contributed by atoms with Crippen LogP contribution in [0.2, 0.25) is 0 Å². The number of nitrogens with one attached hydrogen (secondary N) is 2. The van der Waals surface area contributed by atoms with E-state index in [1.807, 2.05) is 18.2 Å². The van der Waals surface area contributed by atoms with Crippen LogP contribution in [0.5, 0.6) is 0 Å². The number of likely N-dealkylation sites (tertiary alicyclic amines) is 1. The van der Waals surface area contributed by atoms with E-state index in [1.54, 1.807) is 11.9 Å². The molecule has 0 aliphatic carbocycles. The lowest BCUT2D eigenvalue weighted by molar-refractivity contribution is -0.128. The van der Waals surface area contributed by atoms with Crippen LogP contribution in [0.3, 0.4) is 0 Å². The third kappa shape index (κ3) is 5.27. The van der Waals surface area contributed by atoms with Crippen LogP contribution in [-0.2, 0) is 11.2 Å². The molecule has 0 bridgehead atoms. The highest BCUT2D eigenvalue weighted by atomic mass is 16.2. The summed E-state index contributed by atoms with van der Waals surface area (Å²) >= 11 is 0. The van der Waals surface area contributed by atoms with Crippen molar-refractivity contribution < 1.29 is 9.59 Å². The number of carbonyl (C=O) groups excluding carboxylic acids is 2. The topological polar surface area (TPSA) is 61.4 Å². The van der Waals surface area contributed by atoms with Gasteiger partial charge in [-0.3, -0.25) is 4.79 Å². The predicted octanol–water partition coefficient (Wildman–Crippen LogP) is 2.32. The van der Waals surface area contributed by atoms with Crippen molar-refractivity contribution in [1.29, 1.82) is 0 Å². The molecule has 3 amide bonds. The van der Waals surface area contributed by atoms with Gasteiger partial charge in [-0.25, -0.2) is 4.79 Å². The van der Waals surface area contributed by atoms with E-state index in [9.17, 15) is 9.59 Å². The summed E-state index contributed by atoms with van der Waals surface area (Å²) in [5, 5.41) is 5.83. The Morgan fingerprint density at radius 2 is 2.04 bits per heavy atom. The highest BCUT2D eigenvalue weighted by Crippen LogP contribution is 2.10. The molecular weight excluding hydrogens is 290 g/mol. The molecule has 0 saturated carbocycles. The van der Waals surface area contributed by atoms with E-state index in [-0.39, 0.29) is 24.0 Å². The van der Waals surface area contributed by atoms with Gasteiger partial charge in [0.15, 0.2) is 0 Å². The van der Waals surface area contributed by atoms with Gasteiger partial charge in [0.1, 0.15) is 6.04 Å². The maximum atomic E-state index is 12.2. The number of hydrogen-bond donors (Lipinski definition) is 2. The number of nitrogens with zero attached hydrogens (tertiary/aromatic N) is 1. The van der Waals surface area contributed by atoms with Crippen molar-refractivity contribution >= 4 is 11.9 Å². The van der Waals surface area contributed by atoms with Crippen LogP contribution >= 0.6 is 0 Å². The molecule has 1 aromatic carbocycles. The first-order valence-corrected chi connectivity index (χ1v) is 8.46. The van der Waals surface area contributed by atoms with Crippen molar-refractivity contribution in [1.82, 2.24) is 15.5 Å². The van der Waals surface area contributed by atoms with Crippen LogP contribution in [0.4, 0.5) is 4.79 Å². The van der Waals surface area contributed by atoms with E-state index in [1.165, 1.54) is 5.56 Å². The lowest BCUT2D eigenvalue weighted by Crippen LogP contribution is -2.48. The molecule has 0 spiro atoms. The molecule has 2 N–H and O–H groups in total. The predicted molar refractivity (Wildman–Crippen MR) is 91.2 cm³/mol. The maximum absolute atomic E-state index is 12.2. The minimum absolute atomic E-state index is 0.00326. The lowest BCUT2D eigenvalue weighted by atomic mass is 10.0. The number of amides is 3. The molecule has 1 aromatic rings. The van der Waals surface area contributed by atoms with E-state index in [2.05, 4.69) is 29.7 Å². The van der Waals surface area contributed by atoms with E-state index in [0.29, 0.717) is 13.0 Å². The number of rotatable bonds is 7. The molecule has 2 atom stereocenters. The fraction of sp³-hybridized carbons (Fsp3) is 0.556. The summed E-state index contributed by atoms with van der Waals surface area (Å²) in [5.41, 5.74) is 1.28. The summed E-state index contributed by atoms with van der Waals surface area (Å²) in [7, 11) is 1.77. The molecule has 5 heteroatoms. The zero-order valence-electron chi connectivity index (χ0n) is 14.0. The lowest BCUT2D eigenvalue weighted by Gasteiger charge is -2.20. The summed E-state index contributed by atoms with van der Waals surface area (Å²) in [4.78, 5) is 25.7. The first-order chi connectivity index (χ1) is 11.1. The van der Waals surface area contributed by atoms with Gasteiger partial charge < -0.3 is 15.5 Å². The van der Waals surface area contributed by atoms with E-state index >= 15 is 0 Å². The first kappa shape index (κ1) is 17.3. The average Bonchev–Trinajstić information content (AvgIpc) is 2.86. The molecule has 5 nitrogen and oxygen atoms in total. The number of hydrogen-bond acceptors (Lipinski definition) is 2. The van der Waals surface area contributed by atoms with Gasteiger partial charge in [0.25, 0.3) is 0 Å². The highest BCUT2D eigenvalue weighted by Gasteiger charge is 2.30. The van der Waals surface area contributed by atoms with Crippen LogP contribution in [-0.4, -0.2) is 42.5 Å². The Bertz CT molecular complexity index is 518. The van der Waals surface area contributed by atoms with Crippen LogP contribution in [0, 0.1) is 0 Å². The fourth-order valence-electron chi connectivity index (χ4n) is 2.96. The van der Waals surface area contributed by atoms with E-state index in [4.69, 9.17) is 0 Å². The van der Waals surface area contributed by atoms with Gasteiger partial charge in [0.05, 0.1) is 0 Å². The standard InChI is InChI=1S/C18H27N3O2/c1-3-7-15(11-10-14-8-5-4-6-9-14)19-18(23)20-16-12-13-21(2)17(16)22/h4-6,8-9,15-16H,3,7,10-13H2,1-2H3,(H2,19,20,23)/t15-,16-/m1/s1. The Hall–Kier alpha value is -2.04. The first-order valence-electron chi connectivity index (χ1n) is 8.46. The highest BCUT2D eigenvalue weighted by molar-refractivity contribution is 5.88. The number of aryl methyl sites for hydroxylation is 1. The second-order valence-corrected chi connectivity index (χ2v) is 6.23. The number of carbonyl (C=O) groups is 2. The Morgan fingerprint density at radius 1 is 1.30 bits per heavy atom. The minimum Gasteiger partial charge on any atom is -0.344 e. The maximum Gasteiger partial charge on any atom is 0.315 e. The summed E-state index contributed by atoms with van der Waals surface area (Å²) in [5.74, 6) is -0.00326. The third-order valence-corrected chi connectivity index (χ3v) is 4.33. The fourth-order valence-corrected chi connectivity index (χ4v) is 2.96. The van der Waals surface area contributed by atoms with Crippen LogP contribution < -0.4 is 10.6 Å². The van der Waals surface area contributed by atoms with Gasteiger partial charge >= 0.3 is 6.03 Å². The monoisotopic (exact) mass is 317 g/mol. The van der Waals surface area contributed by atoms with Crippen LogP contribution in [0.15, 0.2) is 30.3 Å². The molecule has 126 valence electrons. The molecule has 0 unspecified atom stereocenters. The van der Waals surface area contributed by atoms with E-state index < -0.39 is 0 Å². The zero-order chi connectivity index (χ0) is 16.7. The second-order valence-electron chi connectivity index (χ2n) is 6.23. The summed E-state index contributed by atoms with van der Waals surface area (Å²) in [6.07, 6.45) is 4.50. The SMILES string of the molecule is CCC[C@H](CCc1ccccc1)NC(=O)N[C@@H]1CCN(C)C1=O. The Labute approximate surface area is 138 Å². The molecule has 2 rings (SSSR count). The van der Waals surface area contributed by atoms with Gasteiger partial charge in [-0.1, -0.05) is 43.7 Å². The van der Waals surface area contributed by atoms with Gasteiger partial charge in [-0.05, 0) is 31.2 Å². The van der Waals surface area contributed by atoms with Gasteiger partial charge in [0, 0.05) is 19.6 Å². The Kier molecular flexibility index (Phi) is 6.44. The molecule has 23 heavy (non-hydrogen) atoms. The molecule has 1 aliphatic rings. The van der Waals surface area contributed by atoms with Crippen molar-refractivity contribution in [3.8, 4) is 0 Å². The van der Waals surface area contributed by atoms with Crippen molar-refractivity contribution in [2.45, 2.75) is 51.1 Å². The molecule has 1 fully saturated rings. The summed E-state index contributed by atoms with van der Waals surface area (Å²) < 4.78 is 0. The number of likely N-dealkylation sites (N-methyl/N-ethyl adjacent to an activating group) is 1. The van der Waals surface area contributed by atoms with Gasteiger partial charge in [-0.2, -0.15) is 0 Å². The van der Waals surface area contributed by atoms with Crippen molar-refractivity contribution in [2.24, 2.45) is 0 Å². The quantitative estimate of drug-likeness (QED) is 0.811. The molecule has 1 saturated heterocycles. The largest absolute Gasteiger partial charge is 0.344 e. The summed E-state index contributed by atoms with van der Waals surface area (Å²) in [6.45, 7) is 2.82. The molecule has 0 aromatic heterocycles. The van der Waals surface area contributed by atoms with Crippen molar-refractivity contribution in [2.75, 3.05) is 13.6 Å². The molecule has 1 aliphatic heterocycles.